The summed E-state index contributed by atoms with van der Waals surface area (Å²) in [6.07, 6.45) is 1.10. The summed E-state index contributed by atoms with van der Waals surface area (Å²) >= 11 is 1.29. The molecule has 0 unspecified atom stereocenters. The molecule has 0 bridgehead atoms. The van der Waals surface area contributed by atoms with E-state index in [9.17, 15) is 14.4 Å². The average molecular weight is 445 g/mol. The Morgan fingerprint density at radius 2 is 1.81 bits per heavy atom. The summed E-state index contributed by atoms with van der Waals surface area (Å²) in [5.41, 5.74) is 0.915. The molecule has 31 heavy (non-hydrogen) atoms. The molecule has 3 heterocycles. The van der Waals surface area contributed by atoms with Gasteiger partial charge < -0.3 is 23.8 Å². The number of carbonyl (C=O) groups is 3. The van der Waals surface area contributed by atoms with Gasteiger partial charge in [0.15, 0.2) is 18.1 Å². The third-order valence-electron chi connectivity index (χ3n) is 5.34. The van der Waals surface area contributed by atoms with Gasteiger partial charge in [0, 0.05) is 18.0 Å². The second-order valence-electron chi connectivity index (χ2n) is 7.28. The number of piperidine rings is 1. The van der Waals surface area contributed by atoms with Crippen molar-refractivity contribution >= 4 is 29.2 Å². The summed E-state index contributed by atoms with van der Waals surface area (Å²) in [4.78, 5) is 39.3. The Morgan fingerprint density at radius 1 is 1.06 bits per heavy atom. The van der Waals surface area contributed by atoms with Crippen LogP contribution in [-0.2, 0) is 19.1 Å². The second kappa shape index (κ2) is 9.38. The summed E-state index contributed by atoms with van der Waals surface area (Å²) < 4.78 is 21.1. The van der Waals surface area contributed by atoms with E-state index in [0.717, 1.165) is 10.4 Å². The van der Waals surface area contributed by atoms with Gasteiger partial charge in [0.2, 0.25) is 0 Å². The van der Waals surface area contributed by atoms with Gasteiger partial charge in [-0.05, 0) is 48.7 Å². The third-order valence-corrected chi connectivity index (χ3v) is 6.46. The molecule has 2 aliphatic rings. The summed E-state index contributed by atoms with van der Waals surface area (Å²) in [5.74, 6) is 0.168. The molecule has 1 fully saturated rings. The highest BCUT2D eigenvalue weighted by Crippen LogP contribution is 2.37. The lowest BCUT2D eigenvalue weighted by Gasteiger charge is -2.30. The van der Waals surface area contributed by atoms with Crippen LogP contribution in [0.4, 0.5) is 0 Å². The molecule has 1 amide bonds. The first-order valence-corrected chi connectivity index (χ1v) is 10.9. The van der Waals surface area contributed by atoms with E-state index in [1.54, 1.807) is 11.0 Å². The largest absolute Gasteiger partial charge is 0.486 e. The first-order valence-electron chi connectivity index (χ1n) is 10.1. The van der Waals surface area contributed by atoms with E-state index < -0.39 is 5.97 Å². The van der Waals surface area contributed by atoms with Crippen molar-refractivity contribution < 1.29 is 33.3 Å². The van der Waals surface area contributed by atoms with Gasteiger partial charge >= 0.3 is 11.9 Å². The summed E-state index contributed by atoms with van der Waals surface area (Å²) in [7, 11) is 1.36. The molecule has 1 aromatic carbocycles. The molecule has 164 valence electrons. The normalized spacial score (nSPS) is 16.0. The van der Waals surface area contributed by atoms with Crippen molar-refractivity contribution in [2.75, 3.05) is 40.0 Å². The molecule has 1 saturated heterocycles. The Kier molecular flexibility index (Phi) is 6.41. The predicted octanol–water partition coefficient (Wildman–Crippen LogP) is 2.75. The molecule has 1 aromatic heterocycles. The Balaban J connectivity index is 1.30. The fraction of sp³-hybridized carbons (Fsp3) is 0.409. The molecule has 0 aliphatic carbocycles. The van der Waals surface area contributed by atoms with Gasteiger partial charge in [-0.1, -0.05) is 0 Å². The molecule has 9 heteroatoms. The van der Waals surface area contributed by atoms with Crippen LogP contribution in [0.3, 0.4) is 0 Å². The van der Waals surface area contributed by atoms with Crippen molar-refractivity contribution in [3.05, 3.63) is 35.2 Å². The SMILES string of the molecule is COC(=O)C1CCN(C(=O)COC(=O)c2ccc(-c3ccc4c(c3)OCCO4)s2)CC1. The monoisotopic (exact) mass is 445 g/mol. The van der Waals surface area contributed by atoms with Gasteiger partial charge in [0.25, 0.3) is 5.91 Å². The number of hydrogen-bond acceptors (Lipinski definition) is 8. The van der Waals surface area contributed by atoms with E-state index in [-0.39, 0.29) is 24.4 Å². The van der Waals surface area contributed by atoms with Crippen LogP contribution in [0.2, 0.25) is 0 Å². The van der Waals surface area contributed by atoms with Crippen molar-refractivity contribution in [3.63, 3.8) is 0 Å². The van der Waals surface area contributed by atoms with E-state index in [1.165, 1.54) is 18.4 Å². The maximum Gasteiger partial charge on any atom is 0.348 e. The fourth-order valence-electron chi connectivity index (χ4n) is 3.62. The first kappa shape index (κ1) is 21.2. The lowest BCUT2D eigenvalue weighted by molar-refractivity contribution is -0.149. The van der Waals surface area contributed by atoms with Gasteiger partial charge in [-0.3, -0.25) is 9.59 Å². The standard InChI is InChI=1S/C22H23NO7S/c1-27-21(25)14-6-8-23(9-7-14)20(24)13-30-22(26)19-5-4-18(31-19)15-2-3-16-17(12-15)29-11-10-28-16/h2-5,12,14H,6-11,13H2,1H3. The summed E-state index contributed by atoms with van der Waals surface area (Å²) in [6.45, 7) is 1.61. The molecule has 4 rings (SSSR count). The van der Waals surface area contributed by atoms with Crippen LogP contribution in [0.1, 0.15) is 22.5 Å². The van der Waals surface area contributed by atoms with Gasteiger partial charge in [0.05, 0.1) is 13.0 Å². The van der Waals surface area contributed by atoms with Crippen LogP contribution in [0, 0.1) is 5.92 Å². The number of likely N-dealkylation sites (tertiary alicyclic amines) is 1. The molecular formula is C22H23NO7S. The summed E-state index contributed by atoms with van der Waals surface area (Å²) in [6, 6.07) is 9.17. The number of hydrogen-bond donors (Lipinski definition) is 0. The zero-order valence-electron chi connectivity index (χ0n) is 17.1. The van der Waals surface area contributed by atoms with Crippen LogP contribution in [0.25, 0.3) is 10.4 Å². The lowest BCUT2D eigenvalue weighted by atomic mass is 9.97. The van der Waals surface area contributed by atoms with E-state index in [4.69, 9.17) is 18.9 Å². The minimum Gasteiger partial charge on any atom is -0.486 e. The molecule has 0 N–H and O–H groups in total. The van der Waals surface area contributed by atoms with E-state index in [2.05, 4.69) is 0 Å². The van der Waals surface area contributed by atoms with Crippen LogP contribution in [-0.4, -0.2) is 62.8 Å². The van der Waals surface area contributed by atoms with Crippen molar-refractivity contribution in [2.45, 2.75) is 12.8 Å². The minimum absolute atomic E-state index is 0.179. The van der Waals surface area contributed by atoms with Gasteiger partial charge in [-0.15, -0.1) is 11.3 Å². The van der Waals surface area contributed by atoms with Gasteiger partial charge in [-0.25, -0.2) is 4.79 Å². The number of rotatable bonds is 5. The summed E-state index contributed by atoms with van der Waals surface area (Å²) in [5, 5.41) is 0. The van der Waals surface area contributed by atoms with E-state index >= 15 is 0 Å². The van der Waals surface area contributed by atoms with Crippen molar-refractivity contribution in [1.29, 1.82) is 0 Å². The number of esters is 2. The lowest BCUT2D eigenvalue weighted by Crippen LogP contribution is -2.42. The maximum absolute atomic E-state index is 12.4. The first-order chi connectivity index (χ1) is 15.0. The third kappa shape index (κ3) is 4.82. The van der Waals surface area contributed by atoms with Crippen LogP contribution < -0.4 is 9.47 Å². The average Bonchev–Trinajstić information content (AvgIpc) is 3.32. The smallest absolute Gasteiger partial charge is 0.348 e. The fourth-order valence-corrected chi connectivity index (χ4v) is 4.52. The molecular weight excluding hydrogens is 422 g/mol. The molecule has 2 aliphatic heterocycles. The van der Waals surface area contributed by atoms with Crippen molar-refractivity contribution in [3.8, 4) is 21.9 Å². The van der Waals surface area contributed by atoms with Gasteiger partial charge in [0.1, 0.15) is 18.1 Å². The molecule has 2 aromatic rings. The number of nitrogens with zero attached hydrogens (tertiary/aromatic N) is 1. The minimum atomic E-state index is -0.536. The topological polar surface area (TPSA) is 91.4 Å². The maximum atomic E-state index is 12.4. The number of thiophene rings is 1. The highest BCUT2D eigenvalue weighted by molar-refractivity contribution is 7.17. The number of fused-ring (bicyclic) bond motifs is 1. The van der Waals surface area contributed by atoms with Crippen molar-refractivity contribution in [2.24, 2.45) is 5.92 Å². The molecule has 0 saturated carbocycles. The number of methoxy groups -OCH3 is 1. The quantitative estimate of drug-likeness (QED) is 0.654. The van der Waals surface area contributed by atoms with Crippen LogP contribution >= 0.6 is 11.3 Å². The Hall–Kier alpha value is -3.07. The van der Waals surface area contributed by atoms with E-state index in [0.29, 0.717) is 55.5 Å². The number of benzene rings is 1. The molecule has 0 radical (unpaired) electrons. The Morgan fingerprint density at radius 3 is 2.55 bits per heavy atom. The number of carbonyl (C=O) groups excluding carboxylic acids is 3. The van der Waals surface area contributed by atoms with Crippen molar-refractivity contribution in [1.82, 2.24) is 4.90 Å². The number of amides is 1. The second-order valence-corrected chi connectivity index (χ2v) is 8.36. The zero-order valence-corrected chi connectivity index (χ0v) is 17.9. The number of ether oxygens (including phenoxy) is 4. The Bertz CT molecular complexity index is 978. The predicted molar refractivity (Wildman–Crippen MR) is 112 cm³/mol. The van der Waals surface area contributed by atoms with Crippen LogP contribution in [0.15, 0.2) is 30.3 Å². The molecule has 0 atom stereocenters. The van der Waals surface area contributed by atoms with E-state index in [1.807, 2.05) is 24.3 Å². The zero-order chi connectivity index (χ0) is 21.8. The Labute approximate surface area is 183 Å². The van der Waals surface area contributed by atoms with Crippen LogP contribution in [0.5, 0.6) is 11.5 Å². The molecule has 0 spiro atoms. The highest BCUT2D eigenvalue weighted by atomic mass is 32.1. The molecule has 8 nitrogen and oxygen atoms in total. The van der Waals surface area contributed by atoms with Gasteiger partial charge in [-0.2, -0.15) is 0 Å². The highest BCUT2D eigenvalue weighted by Gasteiger charge is 2.28.